The molecule has 3 atom stereocenters. The topological polar surface area (TPSA) is 20.2 Å². The Kier molecular flexibility index (Phi) is 1.37. The molecule has 3 aliphatic rings. The van der Waals surface area contributed by atoms with E-state index in [9.17, 15) is 5.11 Å². The van der Waals surface area contributed by atoms with Crippen LogP contribution in [0.25, 0.3) is 0 Å². The molecule has 0 bridgehead atoms. The Morgan fingerprint density at radius 1 is 1.13 bits per heavy atom. The Balaban J connectivity index is 1.65. The second-order valence-electron chi connectivity index (χ2n) is 5.48. The molecule has 0 radical (unpaired) electrons. The number of aliphatic hydroxyl groups excluding tert-OH is 1. The van der Waals surface area contributed by atoms with Gasteiger partial charge in [-0.2, -0.15) is 0 Å². The fourth-order valence-electron chi connectivity index (χ4n) is 4.44. The van der Waals surface area contributed by atoms with Crippen LogP contribution in [-0.4, -0.2) is 5.11 Å². The second kappa shape index (κ2) is 2.46. The van der Waals surface area contributed by atoms with Gasteiger partial charge in [0, 0.05) is 5.41 Å². The van der Waals surface area contributed by atoms with Crippen LogP contribution in [0.5, 0.6) is 0 Å². The van der Waals surface area contributed by atoms with Crippen molar-refractivity contribution in [3.8, 4) is 0 Å². The van der Waals surface area contributed by atoms with Gasteiger partial charge in [0.2, 0.25) is 0 Å². The van der Waals surface area contributed by atoms with Gasteiger partial charge in [0.25, 0.3) is 0 Å². The number of rotatable bonds is 2. The van der Waals surface area contributed by atoms with Gasteiger partial charge in [0.1, 0.15) is 0 Å². The zero-order valence-corrected chi connectivity index (χ0v) is 8.76. The first-order valence-corrected chi connectivity index (χ1v) is 6.10. The number of aliphatic hydroxyl groups is 1. The first-order chi connectivity index (χ1) is 7.37. The zero-order valence-electron chi connectivity index (χ0n) is 8.76. The quantitative estimate of drug-likeness (QED) is 0.778. The third kappa shape index (κ3) is 0.807. The van der Waals surface area contributed by atoms with Crippen molar-refractivity contribution in [2.24, 2.45) is 23.2 Å². The summed E-state index contributed by atoms with van der Waals surface area (Å²) in [7, 11) is 0. The molecule has 3 aliphatic carbocycles. The molecule has 0 spiro atoms. The maximum atomic E-state index is 10.5. The first kappa shape index (κ1) is 8.35. The van der Waals surface area contributed by atoms with Crippen LogP contribution in [0.2, 0.25) is 0 Å². The van der Waals surface area contributed by atoms with Gasteiger partial charge >= 0.3 is 0 Å². The van der Waals surface area contributed by atoms with Crippen LogP contribution in [-0.2, 0) is 0 Å². The van der Waals surface area contributed by atoms with Crippen LogP contribution in [0.1, 0.15) is 30.9 Å². The molecule has 78 valence electrons. The molecule has 1 heteroatoms. The average Bonchev–Trinajstić information content (AvgIpc) is 3.19. The summed E-state index contributed by atoms with van der Waals surface area (Å²) >= 11 is 0. The van der Waals surface area contributed by atoms with Gasteiger partial charge in [0.05, 0.1) is 6.10 Å². The van der Waals surface area contributed by atoms with Gasteiger partial charge in [0.15, 0.2) is 0 Å². The van der Waals surface area contributed by atoms with E-state index in [0.717, 1.165) is 23.3 Å². The van der Waals surface area contributed by atoms with E-state index in [-0.39, 0.29) is 6.10 Å². The highest BCUT2D eigenvalue weighted by molar-refractivity contribution is 5.39. The van der Waals surface area contributed by atoms with Crippen molar-refractivity contribution in [2.45, 2.75) is 25.4 Å². The van der Waals surface area contributed by atoms with Crippen LogP contribution < -0.4 is 0 Å². The largest absolute Gasteiger partial charge is 0.388 e. The van der Waals surface area contributed by atoms with Crippen molar-refractivity contribution >= 4 is 0 Å². The molecule has 0 heterocycles. The maximum Gasteiger partial charge on any atom is 0.0854 e. The molecule has 0 aliphatic heterocycles. The van der Waals surface area contributed by atoms with Crippen LogP contribution in [0.15, 0.2) is 30.3 Å². The Labute approximate surface area is 90.1 Å². The minimum absolute atomic E-state index is 0.181. The minimum atomic E-state index is -0.181. The Morgan fingerprint density at radius 3 is 2.40 bits per heavy atom. The fraction of sp³-hybridized carbons (Fsp3) is 0.571. The molecule has 0 aromatic heterocycles. The summed E-state index contributed by atoms with van der Waals surface area (Å²) in [5.74, 6) is 2.62. The van der Waals surface area contributed by atoms with Crippen molar-refractivity contribution in [1.29, 1.82) is 0 Å². The summed E-state index contributed by atoms with van der Waals surface area (Å²) in [6, 6.07) is 10.2. The van der Waals surface area contributed by atoms with Crippen molar-refractivity contribution in [1.82, 2.24) is 0 Å². The van der Waals surface area contributed by atoms with E-state index >= 15 is 0 Å². The van der Waals surface area contributed by atoms with E-state index < -0.39 is 0 Å². The molecule has 1 aromatic rings. The van der Waals surface area contributed by atoms with E-state index in [4.69, 9.17) is 0 Å². The molecule has 3 saturated carbocycles. The lowest BCUT2D eigenvalue weighted by Gasteiger charge is -2.28. The highest BCUT2D eigenvalue weighted by atomic mass is 16.3. The number of hydrogen-bond acceptors (Lipinski definition) is 1. The van der Waals surface area contributed by atoms with Gasteiger partial charge in [-0.1, -0.05) is 36.8 Å². The lowest BCUT2D eigenvalue weighted by molar-refractivity contribution is 0.0747. The van der Waals surface area contributed by atoms with Crippen LogP contribution in [0.3, 0.4) is 0 Å². The molecule has 0 amide bonds. The normalized spacial score (nSPS) is 46.9. The third-order valence-electron chi connectivity index (χ3n) is 5.13. The monoisotopic (exact) mass is 200 g/mol. The summed E-state index contributed by atoms with van der Waals surface area (Å²) in [5.41, 5.74) is 1.48. The molecule has 0 saturated heterocycles. The van der Waals surface area contributed by atoms with Gasteiger partial charge in [-0.3, -0.25) is 0 Å². The molecule has 4 rings (SSSR count). The summed E-state index contributed by atoms with van der Waals surface area (Å²) < 4.78 is 0. The molecule has 1 N–H and O–H groups in total. The van der Waals surface area contributed by atoms with Gasteiger partial charge in [-0.15, -0.1) is 0 Å². The second-order valence-corrected chi connectivity index (χ2v) is 5.48. The van der Waals surface area contributed by atoms with E-state index in [1.54, 1.807) is 0 Å². The summed E-state index contributed by atoms with van der Waals surface area (Å²) in [6.45, 7) is 0. The van der Waals surface area contributed by atoms with Crippen LogP contribution >= 0.6 is 0 Å². The van der Waals surface area contributed by atoms with Crippen molar-refractivity contribution in [3.63, 3.8) is 0 Å². The van der Waals surface area contributed by atoms with Crippen molar-refractivity contribution in [3.05, 3.63) is 35.9 Å². The van der Waals surface area contributed by atoms with Gasteiger partial charge < -0.3 is 5.11 Å². The zero-order chi connectivity index (χ0) is 10.0. The van der Waals surface area contributed by atoms with E-state index in [1.807, 2.05) is 18.2 Å². The predicted octanol–water partition coefficient (Wildman–Crippen LogP) is 2.77. The van der Waals surface area contributed by atoms with E-state index in [2.05, 4.69) is 12.1 Å². The number of benzene rings is 1. The molecule has 15 heavy (non-hydrogen) atoms. The fourth-order valence-corrected chi connectivity index (χ4v) is 4.44. The molecule has 3 unspecified atom stereocenters. The standard InChI is InChI=1S/C14H16O/c15-13(9-5-2-1-3-6-9)14-10-7-4-8-11(14)12(10)14/h1-3,5-6,10-13,15H,4,7-8H2. The van der Waals surface area contributed by atoms with Crippen LogP contribution in [0, 0.1) is 23.2 Å². The maximum absolute atomic E-state index is 10.5. The Morgan fingerprint density at radius 2 is 1.80 bits per heavy atom. The predicted molar refractivity (Wildman–Crippen MR) is 58.2 cm³/mol. The highest BCUT2D eigenvalue weighted by Gasteiger charge is 2.88. The Hall–Kier alpha value is -0.820. The number of hydrogen-bond donors (Lipinski definition) is 1. The molecule has 3 fully saturated rings. The molecular formula is C14H16O. The summed E-state index contributed by atoms with van der Waals surface area (Å²) in [6.07, 6.45) is 3.95. The SMILES string of the molecule is OC(c1ccccc1)C12C3CCCC1C32. The highest BCUT2D eigenvalue weighted by Crippen LogP contribution is 2.92. The van der Waals surface area contributed by atoms with Crippen LogP contribution in [0.4, 0.5) is 0 Å². The van der Waals surface area contributed by atoms with Crippen molar-refractivity contribution < 1.29 is 5.11 Å². The van der Waals surface area contributed by atoms with Crippen molar-refractivity contribution in [2.75, 3.05) is 0 Å². The summed E-state index contributed by atoms with van der Waals surface area (Å²) in [5, 5.41) is 10.5. The van der Waals surface area contributed by atoms with Gasteiger partial charge in [-0.05, 0) is 36.2 Å². The lowest BCUT2D eigenvalue weighted by atomic mass is 9.79. The number of fused-ring (bicyclic) bond motifs is 2. The Bertz CT molecular complexity index is 376. The van der Waals surface area contributed by atoms with Gasteiger partial charge in [-0.25, -0.2) is 0 Å². The smallest absolute Gasteiger partial charge is 0.0854 e. The third-order valence-corrected chi connectivity index (χ3v) is 5.13. The molecular weight excluding hydrogens is 184 g/mol. The van der Waals surface area contributed by atoms with E-state index in [1.165, 1.54) is 19.3 Å². The first-order valence-electron chi connectivity index (χ1n) is 6.10. The lowest BCUT2D eigenvalue weighted by Crippen LogP contribution is -2.21. The molecule has 1 aromatic carbocycles. The van der Waals surface area contributed by atoms with E-state index in [0.29, 0.717) is 5.41 Å². The average molecular weight is 200 g/mol. The summed E-state index contributed by atoms with van der Waals surface area (Å²) in [4.78, 5) is 0. The minimum Gasteiger partial charge on any atom is -0.388 e. The molecule has 1 nitrogen and oxygen atoms in total.